The summed E-state index contributed by atoms with van der Waals surface area (Å²) in [7, 11) is 2.06. The number of nitrogens with zero attached hydrogens (tertiary/aromatic N) is 1. The fraction of sp³-hybridized carbons (Fsp3) is 0.500. The van der Waals surface area contributed by atoms with Crippen LogP contribution >= 0.6 is 12.4 Å². The summed E-state index contributed by atoms with van der Waals surface area (Å²) in [5, 5.41) is 2.90. The molecule has 1 amide bonds. The van der Waals surface area contributed by atoms with E-state index in [2.05, 4.69) is 17.3 Å². The van der Waals surface area contributed by atoms with Crippen LogP contribution in [0, 0.1) is 0 Å². The van der Waals surface area contributed by atoms with Crippen LogP contribution in [0.5, 0.6) is 0 Å². The number of carbonyl (C=O) groups excluding carboxylic acids is 1. The Bertz CT molecular complexity index is 425. The van der Waals surface area contributed by atoms with Crippen LogP contribution in [0.1, 0.15) is 15.9 Å². The number of nitrogens with one attached hydrogen (secondary N) is 1. The van der Waals surface area contributed by atoms with E-state index in [0.29, 0.717) is 18.7 Å². The van der Waals surface area contributed by atoms with Crippen molar-refractivity contribution in [2.75, 3.05) is 33.3 Å². The molecule has 0 radical (unpaired) electrons. The van der Waals surface area contributed by atoms with Gasteiger partial charge in [0.1, 0.15) is 0 Å². The van der Waals surface area contributed by atoms with Gasteiger partial charge in [0.25, 0.3) is 5.91 Å². The summed E-state index contributed by atoms with van der Waals surface area (Å²) in [6.45, 7) is 3.56. The molecule has 0 bridgehead atoms. The number of ether oxygens (including phenoxy) is 1. The zero-order chi connectivity index (χ0) is 13.7. The molecule has 1 unspecified atom stereocenters. The van der Waals surface area contributed by atoms with Crippen molar-refractivity contribution >= 4 is 18.3 Å². The first-order valence-electron chi connectivity index (χ1n) is 6.56. The number of nitrogens with two attached hydrogens (primary N) is 1. The fourth-order valence-electron chi connectivity index (χ4n) is 2.09. The Morgan fingerprint density at radius 1 is 1.45 bits per heavy atom. The Balaban J connectivity index is 0.00000200. The van der Waals surface area contributed by atoms with E-state index in [1.54, 1.807) is 12.1 Å². The molecule has 1 aromatic rings. The summed E-state index contributed by atoms with van der Waals surface area (Å²) in [5.41, 5.74) is 7.20. The molecule has 20 heavy (non-hydrogen) atoms. The highest BCUT2D eigenvalue weighted by Crippen LogP contribution is 2.05. The number of carbonyl (C=O) groups is 1. The smallest absolute Gasteiger partial charge is 0.251 e. The van der Waals surface area contributed by atoms with Crippen molar-refractivity contribution in [1.29, 1.82) is 0 Å². The van der Waals surface area contributed by atoms with Crippen LogP contribution < -0.4 is 11.1 Å². The van der Waals surface area contributed by atoms with E-state index in [1.165, 1.54) is 0 Å². The van der Waals surface area contributed by atoms with Crippen LogP contribution in [0.25, 0.3) is 0 Å². The molecule has 1 atom stereocenters. The van der Waals surface area contributed by atoms with Crippen LogP contribution in [-0.2, 0) is 11.3 Å². The van der Waals surface area contributed by atoms with Crippen LogP contribution in [0.4, 0.5) is 0 Å². The number of rotatable bonds is 4. The van der Waals surface area contributed by atoms with Crippen molar-refractivity contribution in [2.24, 2.45) is 5.73 Å². The summed E-state index contributed by atoms with van der Waals surface area (Å²) >= 11 is 0. The number of amides is 1. The van der Waals surface area contributed by atoms with Crippen molar-refractivity contribution in [3.63, 3.8) is 0 Å². The number of hydrogen-bond acceptors (Lipinski definition) is 4. The van der Waals surface area contributed by atoms with Gasteiger partial charge in [0.2, 0.25) is 0 Å². The van der Waals surface area contributed by atoms with Crippen LogP contribution in [0.15, 0.2) is 24.3 Å². The summed E-state index contributed by atoms with van der Waals surface area (Å²) in [5.74, 6) is -0.0691. The molecule has 1 aromatic carbocycles. The van der Waals surface area contributed by atoms with Gasteiger partial charge < -0.3 is 20.7 Å². The minimum atomic E-state index is -0.0691. The molecule has 1 aliphatic heterocycles. The number of morpholine rings is 1. The van der Waals surface area contributed by atoms with Gasteiger partial charge in [0.15, 0.2) is 0 Å². The molecule has 0 spiro atoms. The number of hydrogen-bond donors (Lipinski definition) is 2. The molecule has 1 fully saturated rings. The Labute approximate surface area is 125 Å². The Morgan fingerprint density at radius 3 is 2.75 bits per heavy atom. The van der Waals surface area contributed by atoms with Crippen LogP contribution in [0.3, 0.4) is 0 Å². The van der Waals surface area contributed by atoms with Crippen molar-refractivity contribution in [1.82, 2.24) is 10.2 Å². The minimum absolute atomic E-state index is 0. The zero-order valence-corrected chi connectivity index (χ0v) is 12.5. The van der Waals surface area contributed by atoms with E-state index in [4.69, 9.17) is 10.5 Å². The average Bonchev–Trinajstić information content (AvgIpc) is 2.45. The van der Waals surface area contributed by atoms with E-state index in [0.717, 1.165) is 25.3 Å². The molecule has 0 aromatic heterocycles. The number of benzene rings is 1. The third-order valence-corrected chi connectivity index (χ3v) is 3.28. The van der Waals surface area contributed by atoms with Crippen molar-refractivity contribution in [3.05, 3.63) is 35.4 Å². The fourth-order valence-corrected chi connectivity index (χ4v) is 2.09. The van der Waals surface area contributed by atoms with E-state index in [9.17, 15) is 4.79 Å². The lowest BCUT2D eigenvalue weighted by molar-refractivity contribution is -0.0175. The zero-order valence-electron chi connectivity index (χ0n) is 11.7. The molecular weight excluding hydrogens is 278 g/mol. The summed E-state index contributed by atoms with van der Waals surface area (Å²) in [4.78, 5) is 14.2. The first kappa shape index (κ1) is 16.9. The van der Waals surface area contributed by atoms with Crippen molar-refractivity contribution in [2.45, 2.75) is 12.6 Å². The average molecular weight is 300 g/mol. The molecule has 0 saturated carbocycles. The Hall–Kier alpha value is -1.14. The van der Waals surface area contributed by atoms with E-state index < -0.39 is 0 Å². The van der Waals surface area contributed by atoms with Gasteiger partial charge >= 0.3 is 0 Å². The SMILES string of the molecule is CN1CCOC(CNC(=O)c2ccc(CN)cc2)C1.Cl. The quantitative estimate of drug-likeness (QED) is 0.856. The monoisotopic (exact) mass is 299 g/mol. The van der Waals surface area contributed by atoms with Crippen molar-refractivity contribution < 1.29 is 9.53 Å². The lowest BCUT2D eigenvalue weighted by atomic mass is 10.1. The molecule has 112 valence electrons. The second-order valence-electron chi connectivity index (χ2n) is 4.87. The maximum Gasteiger partial charge on any atom is 0.251 e. The lowest BCUT2D eigenvalue weighted by Crippen LogP contribution is -2.45. The molecule has 5 nitrogen and oxygen atoms in total. The van der Waals surface area contributed by atoms with Gasteiger partial charge in [0.05, 0.1) is 12.7 Å². The standard InChI is InChI=1S/C14H21N3O2.ClH/c1-17-6-7-19-13(10-17)9-16-14(18)12-4-2-11(8-15)3-5-12;/h2-5,13H,6-10,15H2,1H3,(H,16,18);1H. The highest BCUT2D eigenvalue weighted by Gasteiger charge is 2.18. The predicted octanol–water partition coefficient (Wildman–Crippen LogP) is 0.627. The van der Waals surface area contributed by atoms with E-state index in [-0.39, 0.29) is 24.4 Å². The first-order valence-corrected chi connectivity index (χ1v) is 6.56. The largest absolute Gasteiger partial charge is 0.374 e. The highest BCUT2D eigenvalue weighted by molar-refractivity contribution is 5.94. The van der Waals surface area contributed by atoms with Gasteiger partial charge in [0, 0.05) is 31.7 Å². The maximum absolute atomic E-state index is 12.0. The third-order valence-electron chi connectivity index (χ3n) is 3.28. The molecule has 1 heterocycles. The van der Waals surface area contributed by atoms with E-state index in [1.807, 2.05) is 12.1 Å². The van der Waals surface area contributed by atoms with Crippen LogP contribution in [0.2, 0.25) is 0 Å². The first-order chi connectivity index (χ1) is 9.19. The number of halogens is 1. The van der Waals surface area contributed by atoms with Crippen molar-refractivity contribution in [3.8, 4) is 0 Å². The van der Waals surface area contributed by atoms with Crippen LogP contribution in [-0.4, -0.2) is 50.2 Å². The summed E-state index contributed by atoms with van der Waals surface area (Å²) in [6.07, 6.45) is 0.0750. The number of likely N-dealkylation sites (N-methyl/N-ethyl adjacent to an activating group) is 1. The molecule has 2 rings (SSSR count). The van der Waals surface area contributed by atoms with Gasteiger partial charge in [-0.1, -0.05) is 12.1 Å². The molecular formula is C14H22ClN3O2. The molecule has 0 aliphatic carbocycles. The molecule has 6 heteroatoms. The van der Waals surface area contributed by atoms with Gasteiger partial charge in [-0.15, -0.1) is 12.4 Å². The second kappa shape index (κ2) is 8.21. The van der Waals surface area contributed by atoms with E-state index >= 15 is 0 Å². The second-order valence-corrected chi connectivity index (χ2v) is 4.87. The Kier molecular flexibility index (Phi) is 6.95. The van der Waals surface area contributed by atoms with Gasteiger partial charge in [-0.25, -0.2) is 0 Å². The molecule has 3 N–H and O–H groups in total. The maximum atomic E-state index is 12.0. The summed E-state index contributed by atoms with van der Waals surface area (Å²) in [6, 6.07) is 7.34. The molecule has 1 aliphatic rings. The Morgan fingerprint density at radius 2 is 2.15 bits per heavy atom. The highest BCUT2D eigenvalue weighted by atomic mass is 35.5. The third kappa shape index (κ3) is 4.76. The van der Waals surface area contributed by atoms with Gasteiger partial charge in [-0.05, 0) is 24.7 Å². The minimum Gasteiger partial charge on any atom is -0.374 e. The molecule has 1 saturated heterocycles. The summed E-state index contributed by atoms with van der Waals surface area (Å²) < 4.78 is 5.60. The lowest BCUT2D eigenvalue weighted by Gasteiger charge is -2.30. The van der Waals surface area contributed by atoms with Gasteiger partial charge in [-0.3, -0.25) is 4.79 Å². The normalized spacial score (nSPS) is 19.2. The predicted molar refractivity (Wildman–Crippen MR) is 81.2 cm³/mol. The topological polar surface area (TPSA) is 67.6 Å². The van der Waals surface area contributed by atoms with Gasteiger partial charge in [-0.2, -0.15) is 0 Å².